The van der Waals surface area contributed by atoms with Crippen LogP contribution in [0.3, 0.4) is 0 Å². The van der Waals surface area contributed by atoms with Gasteiger partial charge in [0.25, 0.3) is 0 Å². The smallest absolute Gasteiger partial charge is 0.313 e. The molecule has 23 heavy (non-hydrogen) atoms. The van der Waals surface area contributed by atoms with Crippen molar-refractivity contribution in [1.29, 1.82) is 0 Å². The number of hydrogen-bond donors (Lipinski definition) is 3. The molecule has 0 radical (unpaired) electrons. The molecule has 0 saturated heterocycles. The second kappa shape index (κ2) is 10.0. The van der Waals surface area contributed by atoms with E-state index in [-0.39, 0.29) is 12.5 Å². The number of carbonyl (C=O) groups excluding carboxylic acids is 2. The van der Waals surface area contributed by atoms with Crippen molar-refractivity contribution in [2.45, 2.75) is 40.0 Å². The van der Waals surface area contributed by atoms with Crippen LogP contribution in [0.15, 0.2) is 24.3 Å². The maximum Gasteiger partial charge on any atom is 0.313 e. The average molecular weight is 320 g/mol. The molecule has 2 amide bonds. The molecule has 5 heteroatoms. The number of aryl methyl sites for hydroxylation is 1. The van der Waals surface area contributed by atoms with Gasteiger partial charge in [-0.05, 0) is 48.8 Å². The van der Waals surface area contributed by atoms with Crippen molar-refractivity contribution in [3.05, 3.63) is 29.8 Å². The largest absolute Gasteiger partial charge is 0.396 e. The summed E-state index contributed by atoms with van der Waals surface area (Å²) in [5.74, 6) is -0.640. The fraction of sp³-hybridized carbons (Fsp3) is 0.556. The number of anilines is 1. The second-order valence-electron chi connectivity index (χ2n) is 6.23. The Morgan fingerprint density at radius 3 is 2.57 bits per heavy atom. The summed E-state index contributed by atoms with van der Waals surface area (Å²) < 4.78 is 0. The zero-order valence-electron chi connectivity index (χ0n) is 14.3. The van der Waals surface area contributed by atoms with Gasteiger partial charge in [0.2, 0.25) is 0 Å². The monoisotopic (exact) mass is 320 g/mol. The Morgan fingerprint density at radius 1 is 1.22 bits per heavy atom. The third-order valence-corrected chi connectivity index (χ3v) is 3.69. The van der Waals surface area contributed by atoms with E-state index in [9.17, 15) is 9.59 Å². The molecule has 1 aromatic carbocycles. The Hall–Kier alpha value is -1.88. The number of benzene rings is 1. The Balaban J connectivity index is 2.50. The molecule has 1 atom stereocenters. The summed E-state index contributed by atoms with van der Waals surface area (Å²) in [6, 6.07) is 7.45. The lowest BCUT2D eigenvalue weighted by atomic mass is 9.94. The third-order valence-electron chi connectivity index (χ3n) is 3.69. The molecular formula is C18H28N2O3. The minimum atomic E-state index is -0.662. The van der Waals surface area contributed by atoms with Gasteiger partial charge in [-0.2, -0.15) is 0 Å². The molecule has 0 spiro atoms. The molecule has 0 aliphatic heterocycles. The maximum atomic E-state index is 11.9. The van der Waals surface area contributed by atoms with Gasteiger partial charge in [-0.15, -0.1) is 0 Å². The molecule has 0 heterocycles. The molecule has 0 aliphatic carbocycles. The van der Waals surface area contributed by atoms with Crippen LogP contribution in [-0.2, 0) is 16.0 Å². The molecular weight excluding hydrogens is 292 g/mol. The summed E-state index contributed by atoms with van der Waals surface area (Å²) in [4.78, 5) is 23.8. The number of carbonyl (C=O) groups is 2. The zero-order chi connectivity index (χ0) is 17.2. The van der Waals surface area contributed by atoms with E-state index in [2.05, 4.69) is 24.5 Å². The predicted molar refractivity (Wildman–Crippen MR) is 92.1 cm³/mol. The van der Waals surface area contributed by atoms with Crippen LogP contribution in [0.25, 0.3) is 0 Å². The summed E-state index contributed by atoms with van der Waals surface area (Å²) in [5.41, 5.74) is 1.72. The summed E-state index contributed by atoms with van der Waals surface area (Å²) in [5, 5.41) is 14.3. The maximum absolute atomic E-state index is 11.9. The molecule has 1 unspecified atom stereocenters. The first-order valence-electron chi connectivity index (χ1n) is 8.25. The third kappa shape index (κ3) is 7.28. The fourth-order valence-electron chi connectivity index (χ4n) is 2.53. The van der Waals surface area contributed by atoms with Gasteiger partial charge in [0.15, 0.2) is 0 Å². The summed E-state index contributed by atoms with van der Waals surface area (Å²) >= 11 is 0. The van der Waals surface area contributed by atoms with Crippen LogP contribution in [0.1, 0.15) is 39.2 Å². The second-order valence-corrected chi connectivity index (χ2v) is 6.23. The first-order valence-corrected chi connectivity index (χ1v) is 8.25. The highest BCUT2D eigenvalue weighted by Gasteiger charge is 2.17. The summed E-state index contributed by atoms with van der Waals surface area (Å²) in [7, 11) is 0. The Bertz CT molecular complexity index is 515. The van der Waals surface area contributed by atoms with Crippen molar-refractivity contribution in [2.75, 3.05) is 18.5 Å². The number of nitrogens with one attached hydrogen (secondary N) is 2. The molecule has 0 fully saturated rings. The van der Waals surface area contributed by atoms with E-state index in [1.165, 1.54) is 0 Å². The van der Waals surface area contributed by atoms with Crippen LogP contribution >= 0.6 is 0 Å². The van der Waals surface area contributed by atoms with E-state index in [0.717, 1.165) is 18.4 Å². The Kier molecular flexibility index (Phi) is 8.33. The highest BCUT2D eigenvalue weighted by atomic mass is 16.3. The van der Waals surface area contributed by atoms with Crippen LogP contribution < -0.4 is 10.6 Å². The highest BCUT2D eigenvalue weighted by molar-refractivity contribution is 6.39. The van der Waals surface area contributed by atoms with E-state index in [4.69, 9.17) is 5.11 Å². The first kappa shape index (κ1) is 19.2. The van der Waals surface area contributed by atoms with Crippen LogP contribution in [-0.4, -0.2) is 30.1 Å². The van der Waals surface area contributed by atoms with Crippen LogP contribution in [0, 0.1) is 11.8 Å². The fourth-order valence-corrected chi connectivity index (χ4v) is 2.53. The van der Waals surface area contributed by atoms with Crippen LogP contribution in [0.5, 0.6) is 0 Å². The summed E-state index contributed by atoms with van der Waals surface area (Å²) in [6.45, 7) is 6.71. The van der Waals surface area contributed by atoms with E-state index in [1.807, 2.05) is 25.1 Å². The lowest BCUT2D eigenvalue weighted by molar-refractivity contribution is -0.136. The quantitative estimate of drug-likeness (QED) is 0.643. The average Bonchev–Trinajstić information content (AvgIpc) is 2.52. The van der Waals surface area contributed by atoms with E-state index in [0.29, 0.717) is 24.6 Å². The molecule has 1 rings (SSSR count). The van der Waals surface area contributed by atoms with Crippen molar-refractivity contribution in [2.24, 2.45) is 11.8 Å². The van der Waals surface area contributed by atoms with E-state index < -0.39 is 11.8 Å². The molecule has 3 N–H and O–H groups in total. The molecule has 128 valence electrons. The van der Waals surface area contributed by atoms with Gasteiger partial charge in [0.1, 0.15) is 0 Å². The zero-order valence-corrected chi connectivity index (χ0v) is 14.3. The summed E-state index contributed by atoms with van der Waals surface area (Å²) in [6.07, 6.45) is 2.40. The normalized spacial score (nSPS) is 12.0. The van der Waals surface area contributed by atoms with Gasteiger partial charge in [-0.3, -0.25) is 9.59 Å². The number of aliphatic hydroxyl groups is 1. The Morgan fingerprint density at radius 2 is 1.96 bits per heavy atom. The van der Waals surface area contributed by atoms with Crippen molar-refractivity contribution in [1.82, 2.24) is 5.32 Å². The lowest BCUT2D eigenvalue weighted by Gasteiger charge is -2.18. The van der Waals surface area contributed by atoms with E-state index >= 15 is 0 Å². The Labute approximate surface area is 138 Å². The van der Waals surface area contributed by atoms with Crippen LogP contribution in [0.2, 0.25) is 0 Å². The topological polar surface area (TPSA) is 78.4 Å². The molecule has 5 nitrogen and oxygen atoms in total. The van der Waals surface area contributed by atoms with E-state index in [1.54, 1.807) is 6.07 Å². The first-order chi connectivity index (χ1) is 11.0. The minimum absolute atomic E-state index is 0.0866. The molecule has 0 saturated carbocycles. The van der Waals surface area contributed by atoms with Crippen molar-refractivity contribution in [3.63, 3.8) is 0 Å². The molecule has 0 aromatic heterocycles. The lowest BCUT2D eigenvalue weighted by Crippen LogP contribution is -2.38. The molecule has 0 aliphatic rings. The number of rotatable bonds is 8. The molecule has 0 bridgehead atoms. The SMILES string of the molecule is CCc1cccc(NC(=O)C(=O)NCC(CCO)CC(C)C)c1. The van der Waals surface area contributed by atoms with Gasteiger partial charge in [-0.1, -0.05) is 32.9 Å². The number of amides is 2. The van der Waals surface area contributed by atoms with Gasteiger partial charge in [0.05, 0.1) is 0 Å². The predicted octanol–water partition coefficient (Wildman–Crippen LogP) is 2.35. The number of hydrogen-bond acceptors (Lipinski definition) is 3. The van der Waals surface area contributed by atoms with Gasteiger partial charge < -0.3 is 15.7 Å². The standard InChI is InChI=1S/C18H28N2O3/c1-4-14-6-5-7-16(11-14)20-18(23)17(22)19-12-15(8-9-21)10-13(2)3/h5-7,11,13,15,21H,4,8-10,12H2,1-3H3,(H,19,22)(H,20,23). The van der Waals surface area contributed by atoms with Crippen LogP contribution in [0.4, 0.5) is 5.69 Å². The minimum Gasteiger partial charge on any atom is -0.396 e. The molecule has 1 aromatic rings. The van der Waals surface area contributed by atoms with Crippen molar-refractivity contribution >= 4 is 17.5 Å². The number of aliphatic hydroxyl groups excluding tert-OH is 1. The van der Waals surface area contributed by atoms with Crippen molar-refractivity contribution < 1.29 is 14.7 Å². The van der Waals surface area contributed by atoms with Crippen molar-refractivity contribution in [3.8, 4) is 0 Å². The van der Waals surface area contributed by atoms with Gasteiger partial charge >= 0.3 is 11.8 Å². The van der Waals surface area contributed by atoms with Gasteiger partial charge in [0, 0.05) is 18.8 Å². The van der Waals surface area contributed by atoms with Gasteiger partial charge in [-0.25, -0.2) is 0 Å². The highest BCUT2D eigenvalue weighted by Crippen LogP contribution is 2.14.